The molecular formula is C17H33N3O7. The standard InChI is InChI=1S/C17H33N3O7/c1-15(21)13-26-11-9-25-8-6-20-17(23)14-27-12-10-24-7-5-19-16(22)3-2-4-18/h2-14,18H2,1H3,(H,19,22)(H,20,23). The van der Waals surface area contributed by atoms with Gasteiger partial charge in [0.05, 0.1) is 39.6 Å². The third-order valence-corrected chi connectivity index (χ3v) is 3.03. The maximum Gasteiger partial charge on any atom is 0.246 e. The normalized spacial score (nSPS) is 10.6. The van der Waals surface area contributed by atoms with Crippen molar-refractivity contribution in [1.82, 2.24) is 10.6 Å². The van der Waals surface area contributed by atoms with Gasteiger partial charge >= 0.3 is 0 Å². The van der Waals surface area contributed by atoms with Crippen molar-refractivity contribution in [3.05, 3.63) is 0 Å². The fourth-order valence-electron chi connectivity index (χ4n) is 1.75. The average molecular weight is 391 g/mol. The van der Waals surface area contributed by atoms with Crippen LogP contribution in [0, 0.1) is 0 Å². The molecule has 0 unspecified atom stereocenters. The van der Waals surface area contributed by atoms with Crippen LogP contribution in [0.3, 0.4) is 0 Å². The highest BCUT2D eigenvalue weighted by molar-refractivity contribution is 5.77. The number of rotatable bonds is 19. The molecule has 0 fully saturated rings. The van der Waals surface area contributed by atoms with Crippen LogP contribution in [0.2, 0.25) is 0 Å². The van der Waals surface area contributed by atoms with Crippen molar-refractivity contribution in [2.45, 2.75) is 19.8 Å². The Hall–Kier alpha value is -1.59. The lowest BCUT2D eigenvalue weighted by Crippen LogP contribution is -2.31. The number of ether oxygens (including phenoxy) is 4. The molecular weight excluding hydrogens is 358 g/mol. The van der Waals surface area contributed by atoms with E-state index in [1.165, 1.54) is 6.92 Å². The van der Waals surface area contributed by atoms with E-state index in [4.69, 9.17) is 24.7 Å². The van der Waals surface area contributed by atoms with Crippen LogP contribution < -0.4 is 16.4 Å². The first-order valence-corrected chi connectivity index (χ1v) is 9.10. The van der Waals surface area contributed by atoms with Gasteiger partial charge in [-0.3, -0.25) is 14.4 Å². The Balaban J connectivity index is 3.26. The molecule has 0 heterocycles. The molecule has 0 aliphatic rings. The smallest absolute Gasteiger partial charge is 0.246 e. The molecule has 0 aliphatic heterocycles. The first kappa shape index (κ1) is 25.4. The molecule has 0 aromatic heterocycles. The van der Waals surface area contributed by atoms with Crippen LogP contribution >= 0.6 is 0 Å². The Morgan fingerprint density at radius 1 is 0.741 bits per heavy atom. The third kappa shape index (κ3) is 20.6. The minimum Gasteiger partial charge on any atom is -0.377 e. The number of carbonyl (C=O) groups excluding carboxylic acids is 3. The van der Waals surface area contributed by atoms with Crippen LogP contribution in [0.15, 0.2) is 0 Å². The highest BCUT2D eigenvalue weighted by atomic mass is 16.5. The summed E-state index contributed by atoms with van der Waals surface area (Å²) in [6.07, 6.45) is 1.09. The molecule has 0 spiro atoms. The molecule has 0 atom stereocenters. The summed E-state index contributed by atoms with van der Waals surface area (Å²) in [6.45, 7) is 4.87. The maximum atomic E-state index is 11.5. The summed E-state index contributed by atoms with van der Waals surface area (Å²) in [5, 5.41) is 5.37. The van der Waals surface area contributed by atoms with Gasteiger partial charge in [0, 0.05) is 19.5 Å². The second kappa shape index (κ2) is 19.2. The number of ketones is 1. The quantitative estimate of drug-likeness (QED) is 0.229. The zero-order valence-corrected chi connectivity index (χ0v) is 16.1. The van der Waals surface area contributed by atoms with E-state index in [1.807, 2.05) is 0 Å². The van der Waals surface area contributed by atoms with Crippen LogP contribution in [0.4, 0.5) is 0 Å². The molecule has 10 nitrogen and oxygen atoms in total. The number of nitrogens with one attached hydrogen (secondary N) is 2. The van der Waals surface area contributed by atoms with E-state index in [1.54, 1.807) is 0 Å². The van der Waals surface area contributed by atoms with Crippen LogP contribution in [0.5, 0.6) is 0 Å². The number of hydrogen-bond donors (Lipinski definition) is 3. The van der Waals surface area contributed by atoms with E-state index in [-0.39, 0.29) is 30.8 Å². The topological polar surface area (TPSA) is 138 Å². The van der Waals surface area contributed by atoms with Crippen molar-refractivity contribution >= 4 is 17.6 Å². The number of nitrogens with two attached hydrogens (primary N) is 1. The molecule has 2 amide bonds. The van der Waals surface area contributed by atoms with E-state index in [2.05, 4.69) is 10.6 Å². The van der Waals surface area contributed by atoms with Gasteiger partial charge in [0.1, 0.15) is 13.2 Å². The van der Waals surface area contributed by atoms with Crippen molar-refractivity contribution in [3.63, 3.8) is 0 Å². The molecule has 0 bridgehead atoms. The van der Waals surface area contributed by atoms with E-state index >= 15 is 0 Å². The minimum absolute atomic E-state index is 0.0299. The molecule has 27 heavy (non-hydrogen) atoms. The van der Waals surface area contributed by atoms with Gasteiger partial charge < -0.3 is 35.3 Å². The molecule has 0 radical (unpaired) electrons. The molecule has 0 rings (SSSR count). The minimum atomic E-state index is -0.237. The van der Waals surface area contributed by atoms with Crippen molar-refractivity contribution in [3.8, 4) is 0 Å². The Morgan fingerprint density at radius 2 is 1.26 bits per heavy atom. The number of amides is 2. The SMILES string of the molecule is CC(=O)COCCOCCNC(=O)COCCOCCNC(=O)CCCN. The van der Waals surface area contributed by atoms with Gasteiger partial charge in [0.2, 0.25) is 11.8 Å². The highest BCUT2D eigenvalue weighted by Crippen LogP contribution is 1.85. The molecule has 0 aliphatic carbocycles. The Kier molecular flexibility index (Phi) is 18.0. The van der Waals surface area contributed by atoms with Crippen molar-refractivity contribution in [2.75, 3.05) is 72.5 Å². The summed E-state index contributed by atoms with van der Waals surface area (Å²) in [7, 11) is 0. The number of carbonyl (C=O) groups is 3. The molecule has 0 aromatic rings. The Morgan fingerprint density at radius 3 is 1.81 bits per heavy atom. The predicted octanol–water partition coefficient (Wildman–Crippen LogP) is -1.39. The van der Waals surface area contributed by atoms with E-state index < -0.39 is 0 Å². The first-order chi connectivity index (χ1) is 13.1. The Bertz CT molecular complexity index is 408. The fourth-order valence-corrected chi connectivity index (χ4v) is 1.75. The van der Waals surface area contributed by atoms with E-state index in [9.17, 15) is 14.4 Å². The largest absolute Gasteiger partial charge is 0.377 e. The zero-order valence-electron chi connectivity index (χ0n) is 16.1. The second-order valence-electron chi connectivity index (χ2n) is 5.62. The molecule has 158 valence electrons. The molecule has 0 saturated carbocycles. The summed E-state index contributed by atoms with van der Waals surface area (Å²) in [5.74, 6) is -0.305. The van der Waals surface area contributed by atoms with Gasteiger partial charge in [-0.2, -0.15) is 0 Å². The third-order valence-electron chi connectivity index (χ3n) is 3.03. The lowest BCUT2D eigenvalue weighted by atomic mass is 10.3. The monoisotopic (exact) mass is 391 g/mol. The van der Waals surface area contributed by atoms with E-state index in [0.717, 1.165) is 0 Å². The summed E-state index contributed by atoms with van der Waals surface area (Å²) in [4.78, 5) is 33.4. The summed E-state index contributed by atoms with van der Waals surface area (Å²) in [6, 6.07) is 0. The second-order valence-corrected chi connectivity index (χ2v) is 5.62. The molecule has 4 N–H and O–H groups in total. The molecule has 0 aromatic carbocycles. The highest BCUT2D eigenvalue weighted by Gasteiger charge is 2.01. The van der Waals surface area contributed by atoms with Gasteiger partial charge in [0.15, 0.2) is 5.78 Å². The van der Waals surface area contributed by atoms with Gasteiger partial charge in [-0.25, -0.2) is 0 Å². The predicted molar refractivity (Wildman–Crippen MR) is 98.3 cm³/mol. The van der Waals surface area contributed by atoms with Crippen LogP contribution in [-0.2, 0) is 33.3 Å². The summed E-state index contributed by atoms with van der Waals surface area (Å²) < 4.78 is 20.7. The fraction of sp³-hybridized carbons (Fsp3) is 0.824. The lowest BCUT2D eigenvalue weighted by Gasteiger charge is -2.08. The summed E-state index contributed by atoms with van der Waals surface area (Å²) >= 11 is 0. The van der Waals surface area contributed by atoms with Crippen LogP contribution in [0.1, 0.15) is 19.8 Å². The Labute approximate surface area is 160 Å². The summed E-state index contributed by atoms with van der Waals surface area (Å²) in [5.41, 5.74) is 5.32. The van der Waals surface area contributed by atoms with Gasteiger partial charge in [-0.1, -0.05) is 0 Å². The lowest BCUT2D eigenvalue weighted by molar-refractivity contribution is -0.127. The zero-order chi connectivity index (χ0) is 20.2. The van der Waals surface area contributed by atoms with Crippen molar-refractivity contribution < 1.29 is 33.3 Å². The molecule has 0 saturated heterocycles. The maximum absolute atomic E-state index is 11.5. The molecule has 10 heteroatoms. The van der Waals surface area contributed by atoms with Gasteiger partial charge in [-0.05, 0) is 19.9 Å². The van der Waals surface area contributed by atoms with E-state index in [0.29, 0.717) is 72.1 Å². The number of Topliss-reactive ketones (excluding diaryl/α,β-unsaturated/α-hetero) is 1. The van der Waals surface area contributed by atoms with Crippen LogP contribution in [-0.4, -0.2) is 90.1 Å². The van der Waals surface area contributed by atoms with Crippen molar-refractivity contribution in [2.24, 2.45) is 5.73 Å². The first-order valence-electron chi connectivity index (χ1n) is 9.10. The van der Waals surface area contributed by atoms with Gasteiger partial charge in [-0.15, -0.1) is 0 Å². The number of hydrogen-bond acceptors (Lipinski definition) is 8. The van der Waals surface area contributed by atoms with Gasteiger partial charge in [0.25, 0.3) is 0 Å². The van der Waals surface area contributed by atoms with Crippen molar-refractivity contribution in [1.29, 1.82) is 0 Å². The average Bonchev–Trinajstić information content (AvgIpc) is 2.64. The van der Waals surface area contributed by atoms with Crippen LogP contribution in [0.25, 0.3) is 0 Å².